The number of rotatable bonds is 9. The molecule has 0 saturated carbocycles. The summed E-state index contributed by atoms with van der Waals surface area (Å²) in [5, 5.41) is 11.7. The fraction of sp³-hybridized carbons (Fsp3) is 0.857. The van der Waals surface area contributed by atoms with Gasteiger partial charge in [0, 0.05) is 19.6 Å². The lowest BCUT2D eigenvalue weighted by molar-refractivity contribution is -0.139. The van der Waals surface area contributed by atoms with Crippen LogP contribution in [0.15, 0.2) is 0 Å². The molecule has 0 heterocycles. The number of nitrogens with zero attached hydrogens (tertiary/aromatic N) is 2. The molecule has 6 heteroatoms. The van der Waals surface area contributed by atoms with E-state index in [2.05, 4.69) is 5.32 Å². The van der Waals surface area contributed by atoms with E-state index in [1.807, 2.05) is 39.8 Å². The van der Waals surface area contributed by atoms with Crippen LogP contribution in [0.4, 0.5) is 4.79 Å². The Bertz CT molecular complexity index is 306. The highest BCUT2D eigenvalue weighted by Crippen LogP contribution is 2.03. The molecule has 0 aliphatic carbocycles. The largest absolute Gasteiger partial charge is 0.480 e. The van der Waals surface area contributed by atoms with E-state index < -0.39 is 12.0 Å². The van der Waals surface area contributed by atoms with E-state index in [4.69, 9.17) is 5.11 Å². The Morgan fingerprint density at radius 3 is 2.20 bits per heavy atom. The quantitative estimate of drug-likeness (QED) is 0.673. The number of hydrogen-bond acceptors (Lipinski definition) is 3. The van der Waals surface area contributed by atoms with E-state index in [0.717, 1.165) is 13.0 Å². The molecule has 0 aliphatic heterocycles. The molecule has 6 nitrogen and oxygen atoms in total. The van der Waals surface area contributed by atoms with E-state index in [1.165, 1.54) is 0 Å². The maximum absolute atomic E-state index is 12.2. The molecule has 2 amide bonds. The first-order valence-electron chi connectivity index (χ1n) is 7.20. The SMILES string of the molecule is CCC[C@H](NC(=O)N(CCN(C)C)CC(C)C)C(=O)O. The maximum Gasteiger partial charge on any atom is 0.326 e. The number of nitrogens with one attached hydrogen (secondary N) is 1. The second kappa shape index (κ2) is 9.58. The molecule has 0 spiro atoms. The van der Waals surface area contributed by atoms with Crippen LogP contribution in [0, 0.1) is 5.92 Å². The molecule has 0 fully saturated rings. The molecule has 1 atom stereocenters. The summed E-state index contributed by atoms with van der Waals surface area (Å²) in [6.07, 6.45) is 1.17. The van der Waals surface area contributed by atoms with Gasteiger partial charge in [-0.05, 0) is 26.4 Å². The van der Waals surface area contributed by atoms with Crippen LogP contribution in [-0.2, 0) is 4.79 Å². The van der Waals surface area contributed by atoms with E-state index in [0.29, 0.717) is 25.4 Å². The van der Waals surface area contributed by atoms with Gasteiger partial charge in [-0.25, -0.2) is 9.59 Å². The molecule has 0 unspecified atom stereocenters. The summed E-state index contributed by atoms with van der Waals surface area (Å²) in [6, 6.07) is -1.09. The average Bonchev–Trinajstić information content (AvgIpc) is 2.32. The number of likely N-dealkylation sites (N-methyl/N-ethyl adjacent to an activating group) is 1. The minimum atomic E-state index is -0.975. The molecule has 0 aromatic carbocycles. The van der Waals surface area contributed by atoms with Gasteiger partial charge in [0.1, 0.15) is 6.04 Å². The highest BCUT2D eigenvalue weighted by Gasteiger charge is 2.22. The Morgan fingerprint density at radius 2 is 1.80 bits per heavy atom. The fourth-order valence-electron chi connectivity index (χ4n) is 1.82. The molecule has 0 aliphatic rings. The van der Waals surface area contributed by atoms with Gasteiger partial charge in [-0.2, -0.15) is 0 Å². The average molecular weight is 287 g/mol. The first kappa shape index (κ1) is 18.7. The zero-order valence-corrected chi connectivity index (χ0v) is 13.3. The summed E-state index contributed by atoms with van der Waals surface area (Å²) in [5.74, 6) is -0.630. The van der Waals surface area contributed by atoms with Crippen LogP contribution in [0.2, 0.25) is 0 Å². The van der Waals surface area contributed by atoms with Gasteiger partial charge in [0.15, 0.2) is 0 Å². The third kappa shape index (κ3) is 7.99. The van der Waals surface area contributed by atoms with Gasteiger partial charge in [-0.3, -0.25) is 0 Å². The monoisotopic (exact) mass is 287 g/mol. The number of urea groups is 1. The maximum atomic E-state index is 12.2. The van der Waals surface area contributed by atoms with Crippen LogP contribution in [0.25, 0.3) is 0 Å². The lowest BCUT2D eigenvalue weighted by Crippen LogP contribution is -2.50. The number of carbonyl (C=O) groups excluding carboxylic acids is 1. The molecule has 2 N–H and O–H groups in total. The first-order chi connectivity index (χ1) is 9.27. The molecule has 0 rings (SSSR count). The summed E-state index contributed by atoms with van der Waals surface area (Å²) in [5.41, 5.74) is 0. The second-order valence-corrected chi connectivity index (χ2v) is 5.77. The highest BCUT2D eigenvalue weighted by atomic mass is 16.4. The van der Waals surface area contributed by atoms with Crippen LogP contribution in [0.5, 0.6) is 0 Å². The standard InChI is InChI=1S/C14H29N3O3/c1-6-7-12(13(18)19)15-14(20)17(10-11(2)3)9-8-16(4)5/h11-12H,6-10H2,1-5H3,(H,15,20)(H,18,19)/t12-/m0/s1. The molecule has 20 heavy (non-hydrogen) atoms. The lowest BCUT2D eigenvalue weighted by atomic mass is 10.1. The number of aliphatic carboxylic acids is 1. The van der Waals surface area contributed by atoms with Crippen molar-refractivity contribution < 1.29 is 14.7 Å². The van der Waals surface area contributed by atoms with Gasteiger partial charge in [0.05, 0.1) is 0 Å². The van der Waals surface area contributed by atoms with Crippen LogP contribution >= 0.6 is 0 Å². The van der Waals surface area contributed by atoms with Gasteiger partial charge in [0.2, 0.25) is 0 Å². The van der Waals surface area contributed by atoms with E-state index in [-0.39, 0.29) is 6.03 Å². The van der Waals surface area contributed by atoms with Crippen molar-refractivity contribution in [2.45, 2.75) is 39.7 Å². The van der Waals surface area contributed by atoms with Crippen molar-refractivity contribution in [2.75, 3.05) is 33.7 Å². The third-order valence-corrected chi connectivity index (χ3v) is 2.86. The summed E-state index contributed by atoms with van der Waals surface area (Å²) in [6.45, 7) is 7.95. The minimum absolute atomic E-state index is 0.290. The Labute approximate surface area is 122 Å². The molecule has 0 aromatic rings. The zero-order valence-electron chi connectivity index (χ0n) is 13.3. The normalized spacial score (nSPS) is 12.6. The van der Waals surface area contributed by atoms with Gasteiger partial charge < -0.3 is 20.2 Å². The van der Waals surface area contributed by atoms with Gasteiger partial charge in [0.25, 0.3) is 0 Å². The van der Waals surface area contributed by atoms with Crippen molar-refractivity contribution in [1.29, 1.82) is 0 Å². The summed E-state index contributed by atoms with van der Waals surface area (Å²) in [7, 11) is 3.89. The Morgan fingerprint density at radius 1 is 1.20 bits per heavy atom. The molecular weight excluding hydrogens is 258 g/mol. The third-order valence-electron chi connectivity index (χ3n) is 2.86. The molecule has 0 aromatic heterocycles. The van der Waals surface area contributed by atoms with E-state index >= 15 is 0 Å². The molecule has 0 bridgehead atoms. The first-order valence-corrected chi connectivity index (χ1v) is 7.20. The van der Waals surface area contributed by atoms with Crippen molar-refractivity contribution in [1.82, 2.24) is 15.1 Å². The topological polar surface area (TPSA) is 72.9 Å². The highest BCUT2D eigenvalue weighted by molar-refractivity contribution is 5.82. The van der Waals surface area contributed by atoms with Crippen molar-refractivity contribution >= 4 is 12.0 Å². The lowest BCUT2D eigenvalue weighted by Gasteiger charge is -2.27. The predicted octanol–water partition coefficient (Wildman–Crippen LogP) is 1.47. The van der Waals surface area contributed by atoms with Gasteiger partial charge >= 0.3 is 12.0 Å². The number of carboxylic acid groups (broad SMARTS) is 1. The summed E-state index contributed by atoms with van der Waals surface area (Å²) < 4.78 is 0. The van der Waals surface area contributed by atoms with Gasteiger partial charge in [-0.15, -0.1) is 0 Å². The molecular formula is C14H29N3O3. The van der Waals surface area contributed by atoms with Crippen molar-refractivity contribution in [2.24, 2.45) is 5.92 Å². The number of carboxylic acids is 1. The molecule has 118 valence electrons. The van der Waals surface area contributed by atoms with Crippen molar-refractivity contribution in [3.8, 4) is 0 Å². The van der Waals surface area contributed by atoms with E-state index in [1.54, 1.807) is 4.90 Å². The molecule has 0 saturated heterocycles. The smallest absolute Gasteiger partial charge is 0.326 e. The van der Waals surface area contributed by atoms with Crippen LogP contribution < -0.4 is 5.32 Å². The predicted molar refractivity (Wildman–Crippen MR) is 79.8 cm³/mol. The zero-order chi connectivity index (χ0) is 15.7. The molecule has 0 radical (unpaired) electrons. The van der Waals surface area contributed by atoms with Crippen LogP contribution in [-0.4, -0.2) is 66.7 Å². The van der Waals surface area contributed by atoms with Gasteiger partial charge in [-0.1, -0.05) is 27.2 Å². The summed E-state index contributed by atoms with van der Waals surface area (Å²) >= 11 is 0. The van der Waals surface area contributed by atoms with Crippen LogP contribution in [0.3, 0.4) is 0 Å². The Hall–Kier alpha value is -1.30. The Balaban J connectivity index is 4.61. The van der Waals surface area contributed by atoms with Crippen LogP contribution in [0.1, 0.15) is 33.6 Å². The number of hydrogen-bond donors (Lipinski definition) is 2. The Kier molecular flexibility index (Phi) is 8.96. The van der Waals surface area contributed by atoms with Crippen molar-refractivity contribution in [3.05, 3.63) is 0 Å². The fourth-order valence-corrected chi connectivity index (χ4v) is 1.82. The number of carbonyl (C=O) groups is 2. The second-order valence-electron chi connectivity index (χ2n) is 5.77. The number of amides is 2. The van der Waals surface area contributed by atoms with Crippen molar-refractivity contribution in [3.63, 3.8) is 0 Å². The summed E-state index contributed by atoms with van der Waals surface area (Å²) in [4.78, 5) is 27.0. The minimum Gasteiger partial charge on any atom is -0.480 e. The van der Waals surface area contributed by atoms with E-state index in [9.17, 15) is 9.59 Å².